The van der Waals surface area contributed by atoms with Crippen molar-refractivity contribution in [2.24, 2.45) is 5.73 Å². The number of imidazole rings is 1. The summed E-state index contributed by atoms with van der Waals surface area (Å²) in [5, 5.41) is 20.4. The van der Waals surface area contributed by atoms with Crippen LogP contribution in [0.5, 0.6) is 0 Å². The number of ether oxygens (including phenoxy) is 1. The lowest BCUT2D eigenvalue weighted by atomic mass is 10.1. The smallest absolute Gasteiger partial charge is 0.323 e. The summed E-state index contributed by atoms with van der Waals surface area (Å²) in [6.07, 6.45) is -3.12. The van der Waals surface area contributed by atoms with Crippen LogP contribution in [0, 0.1) is 5.41 Å². The highest BCUT2D eigenvalue weighted by molar-refractivity contribution is 6.04. The maximum absolute atomic E-state index is 12.9. The molecule has 2 aromatic carbocycles. The van der Waals surface area contributed by atoms with Gasteiger partial charge in [-0.05, 0) is 42.5 Å². The molecule has 0 aliphatic carbocycles. The molecule has 3 aromatic rings. The van der Waals surface area contributed by atoms with Crippen molar-refractivity contribution in [3.63, 3.8) is 0 Å². The van der Waals surface area contributed by atoms with Gasteiger partial charge in [-0.1, -0.05) is 0 Å². The van der Waals surface area contributed by atoms with E-state index in [4.69, 9.17) is 15.9 Å². The van der Waals surface area contributed by atoms with Crippen LogP contribution in [0.2, 0.25) is 0 Å². The fourth-order valence-corrected chi connectivity index (χ4v) is 3.36. The quantitative estimate of drug-likeness (QED) is 0.245. The Bertz CT molecular complexity index is 1210. The Balaban J connectivity index is 1.48. The van der Waals surface area contributed by atoms with Gasteiger partial charge in [0.25, 0.3) is 11.8 Å². The Kier molecular flexibility index (Phi) is 5.28. The molecule has 4 rings (SSSR count). The first kappa shape index (κ1) is 20.3. The average Bonchev–Trinajstić information content (AvgIpc) is 3.13. The molecule has 2 heterocycles. The first-order valence-electron chi connectivity index (χ1n) is 9.42. The zero-order valence-corrected chi connectivity index (χ0v) is 16.2. The molecule has 1 aliphatic rings. The van der Waals surface area contributed by atoms with Crippen molar-refractivity contribution >= 4 is 40.1 Å². The van der Waals surface area contributed by atoms with E-state index in [9.17, 15) is 19.5 Å². The molecule has 0 saturated carbocycles. The summed E-state index contributed by atoms with van der Waals surface area (Å²) in [6, 6.07) is 11.1. The summed E-state index contributed by atoms with van der Waals surface area (Å²) in [5.41, 5.74) is 7.53. The highest BCUT2D eigenvalue weighted by Crippen LogP contribution is 2.23. The van der Waals surface area contributed by atoms with E-state index in [1.807, 2.05) is 0 Å². The molecule has 11 nitrogen and oxygen atoms in total. The number of morpholine rings is 1. The number of H-pyrrole nitrogens is 2. The number of rotatable bonds is 5. The third kappa shape index (κ3) is 4.04. The molecule has 7 N–H and O–H groups in total. The van der Waals surface area contributed by atoms with Gasteiger partial charge in [-0.3, -0.25) is 15.0 Å². The highest BCUT2D eigenvalue weighted by atomic mass is 16.5. The lowest BCUT2D eigenvalue weighted by molar-refractivity contribution is -0.150. The van der Waals surface area contributed by atoms with Crippen molar-refractivity contribution in [3.05, 3.63) is 58.5 Å². The molecular formula is C20H20N6O5. The summed E-state index contributed by atoms with van der Waals surface area (Å²) in [5.74, 6) is -1.49. The monoisotopic (exact) mass is 424 g/mol. The number of nitrogen functional groups attached to an aromatic ring is 1. The molecule has 1 aliphatic heterocycles. The predicted octanol–water partition coefficient (Wildman–Crippen LogP) is -0.128. The van der Waals surface area contributed by atoms with E-state index in [1.54, 1.807) is 30.3 Å². The van der Waals surface area contributed by atoms with E-state index in [1.165, 1.54) is 17.0 Å². The van der Waals surface area contributed by atoms with Crippen LogP contribution < -0.4 is 21.6 Å². The first-order valence-corrected chi connectivity index (χ1v) is 9.42. The Labute approximate surface area is 175 Å². The number of benzene rings is 2. The van der Waals surface area contributed by atoms with Gasteiger partial charge < -0.3 is 35.8 Å². The number of nitrogens with zero attached hydrogens (tertiary/aromatic N) is 1. The van der Waals surface area contributed by atoms with E-state index >= 15 is 0 Å². The van der Waals surface area contributed by atoms with Gasteiger partial charge in [0.05, 0.1) is 17.6 Å². The molecule has 1 aromatic heterocycles. The van der Waals surface area contributed by atoms with Gasteiger partial charge in [0, 0.05) is 23.5 Å². The number of aliphatic hydroxyl groups is 1. The van der Waals surface area contributed by atoms with Gasteiger partial charge >= 0.3 is 5.69 Å². The molecule has 31 heavy (non-hydrogen) atoms. The average molecular weight is 424 g/mol. The van der Waals surface area contributed by atoms with Crippen LogP contribution in [0.3, 0.4) is 0 Å². The van der Waals surface area contributed by atoms with Crippen molar-refractivity contribution in [2.45, 2.75) is 12.2 Å². The minimum absolute atomic E-state index is 0.110. The summed E-state index contributed by atoms with van der Waals surface area (Å²) in [4.78, 5) is 43.5. The number of anilines is 2. The summed E-state index contributed by atoms with van der Waals surface area (Å²) < 4.78 is 5.39. The van der Waals surface area contributed by atoms with E-state index in [-0.39, 0.29) is 24.7 Å². The van der Waals surface area contributed by atoms with Crippen molar-refractivity contribution < 1.29 is 19.4 Å². The molecule has 0 spiro atoms. The lowest BCUT2D eigenvalue weighted by Gasteiger charge is -2.34. The van der Waals surface area contributed by atoms with Gasteiger partial charge in [0.1, 0.15) is 5.84 Å². The zero-order chi connectivity index (χ0) is 22.1. The number of aromatic nitrogens is 2. The zero-order valence-electron chi connectivity index (χ0n) is 16.2. The molecule has 1 fully saturated rings. The van der Waals surface area contributed by atoms with Gasteiger partial charge in [0.15, 0.2) is 12.2 Å². The maximum atomic E-state index is 12.9. The van der Waals surface area contributed by atoms with Crippen LogP contribution in [-0.2, 0) is 14.3 Å². The SMILES string of the molecule is N=C(N)c1ccc(NC(=O)[C@H](O)[C@H]2OCCN(c3ccc4[nH]c(=O)[nH]c4c3)C2=O)cc1. The number of nitrogens with two attached hydrogens (primary N) is 1. The first-order chi connectivity index (χ1) is 14.8. The number of amidine groups is 1. The second-order valence-electron chi connectivity index (χ2n) is 7.02. The van der Waals surface area contributed by atoms with Crippen molar-refractivity contribution in [2.75, 3.05) is 23.4 Å². The van der Waals surface area contributed by atoms with Gasteiger partial charge in [-0.15, -0.1) is 0 Å². The number of carbonyl (C=O) groups is 2. The third-order valence-electron chi connectivity index (χ3n) is 4.95. The molecule has 11 heteroatoms. The number of aromatic amines is 2. The summed E-state index contributed by atoms with van der Waals surface area (Å²) >= 11 is 0. The van der Waals surface area contributed by atoms with E-state index in [0.717, 1.165) is 0 Å². The minimum atomic E-state index is -1.74. The highest BCUT2D eigenvalue weighted by Gasteiger charge is 2.39. The number of amides is 2. The molecule has 1 saturated heterocycles. The van der Waals surface area contributed by atoms with Crippen LogP contribution in [0.15, 0.2) is 47.3 Å². The van der Waals surface area contributed by atoms with Crippen LogP contribution in [-0.4, -0.2) is 58.1 Å². The van der Waals surface area contributed by atoms with Gasteiger partial charge in [-0.2, -0.15) is 0 Å². The Morgan fingerprint density at radius 2 is 1.90 bits per heavy atom. The number of hydrogen-bond donors (Lipinski definition) is 6. The normalized spacial score (nSPS) is 17.5. The van der Waals surface area contributed by atoms with Gasteiger partial charge in [0.2, 0.25) is 0 Å². The Morgan fingerprint density at radius 1 is 1.19 bits per heavy atom. The molecule has 0 unspecified atom stereocenters. The third-order valence-corrected chi connectivity index (χ3v) is 4.95. The minimum Gasteiger partial charge on any atom is -0.384 e. The molecule has 2 amide bonds. The molecule has 0 bridgehead atoms. The predicted molar refractivity (Wildman–Crippen MR) is 113 cm³/mol. The fraction of sp³-hybridized carbons (Fsp3) is 0.200. The van der Waals surface area contributed by atoms with Crippen LogP contribution >= 0.6 is 0 Å². The fourth-order valence-electron chi connectivity index (χ4n) is 3.36. The van der Waals surface area contributed by atoms with Crippen LogP contribution in [0.25, 0.3) is 11.0 Å². The van der Waals surface area contributed by atoms with Crippen molar-refractivity contribution in [1.29, 1.82) is 5.41 Å². The van der Waals surface area contributed by atoms with Crippen LogP contribution in [0.1, 0.15) is 5.56 Å². The number of hydrogen-bond acceptors (Lipinski definition) is 6. The van der Waals surface area contributed by atoms with Crippen molar-refractivity contribution in [3.8, 4) is 0 Å². The molecular weight excluding hydrogens is 404 g/mol. The Morgan fingerprint density at radius 3 is 2.61 bits per heavy atom. The molecule has 0 radical (unpaired) electrons. The molecule has 160 valence electrons. The van der Waals surface area contributed by atoms with E-state index in [2.05, 4.69) is 15.3 Å². The van der Waals surface area contributed by atoms with E-state index < -0.39 is 24.0 Å². The van der Waals surface area contributed by atoms with Crippen molar-refractivity contribution in [1.82, 2.24) is 9.97 Å². The van der Waals surface area contributed by atoms with Crippen LogP contribution in [0.4, 0.5) is 11.4 Å². The maximum Gasteiger partial charge on any atom is 0.323 e. The summed E-state index contributed by atoms with van der Waals surface area (Å²) in [6.45, 7) is 0.353. The lowest BCUT2D eigenvalue weighted by Crippen LogP contribution is -2.55. The number of fused-ring (bicyclic) bond motifs is 1. The summed E-state index contributed by atoms with van der Waals surface area (Å²) in [7, 11) is 0. The number of nitrogens with one attached hydrogen (secondary N) is 4. The largest absolute Gasteiger partial charge is 0.384 e. The van der Waals surface area contributed by atoms with E-state index in [0.29, 0.717) is 28.0 Å². The number of aliphatic hydroxyl groups excluding tert-OH is 1. The second-order valence-corrected chi connectivity index (χ2v) is 7.02. The molecule has 2 atom stereocenters. The topological polar surface area (TPSA) is 177 Å². The number of carbonyl (C=O) groups excluding carboxylic acids is 2. The second kappa shape index (κ2) is 8.05. The van der Waals surface area contributed by atoms with Gasteiger partial charge in [-0.25, -0.2) is 4.79 Å². The standard InChI is InChI=1S/C20H20N6O5/c21-17(22)10-1-3-11(4-2-10)23-18(28)15(27)16-19(29)26(7-8-31-16)12-5-6-13-14(9-12)25-20(30)24-13/h1-6,9,15-16,27H,7-8H2,(H3,21,22)(H,23,28)(H2,24,25,30)/t15-,16-/m1/s1. The Hall–Kier alpha value is -3.96.